The minimum Gasteiger partial charge on any atom is -0.489 e. The van der Waals surface area contributed by atoms with Crippen molar-refractivity contribution < 1.29 is 23.8 Å². The number of ether oxygens (including phenoxy) is 3. The van der Waals surface area contributed by atoms with Gasteiger partial charge in [0, 0.05) is 10.9 Å². The number of hydrogen-bond acceptors (Lipinski definition) is 6. The van der Waals surface area contributed by atoms with E-state index in [4.69, 9.17) is 19.2 Å². The fourth-order valence-electron chi connectivity index (χ4n) is 4.74. The van der Waals surface area contributed by atoms with Crippen molar-refractivity contribution >= 4 is 22.8 Å². The number of aromatic nitrogens is 1. The maximum absolute atomic E-state index is 13.6. The highest BCUT2D eigenvalue weighted by Crippen LogP contribution is 2.33. The number of fused-ring (bicyclic) bond motifs is 1. The second-order valence-corrected chi connectivity index (χ2v) is 9.64. The third-order valence-corrected chi connectivity index (χ3v) is 6.73. The summed E-state index contributed by atoms with van der Waals surface area (Å²) in [6.07, 6.45) is 0. The third-order valence-electron chi connectivity index (χ3n) is 6.73. The molecule has 0 saturated carbocycles. The molecule has 0 amide bonds. The average molecular weight is 532 g/mol. The summed E-state index contributed by atoms with van der Waals surface area (Å²) in [5, 5.41) is 0.734. The normalized spacial score (nSPS) is 10.8. The fraction of sp³-hybridized carbons (Fsp3) is 0.147. The summed E-state index contributed by atoms with van der Waals surface area (Å²) >= 11 is 0. The summed E-state index contributed by atoms with van der Waals surface area (Å²) < 4.78 is 16.5. The largest absolute Gasteiger partial charge is 0.489 e. The molecule has 0 aliphatic carbocycles. The summed E-state index contributed by atoms with van der Waals surface area (Å²) in [6.45, 7) is 6.34. The molecule has 0 saturated heterocycles. The Morgan fingerprint density at radius 2 is 1.45 bits per heavy atom. The van der Waals surface area contributed by atoms with E-state index in [9.17, 15) is 9.59 Å². The van der Waals surface area contributed by atoms with Crippen molar-refractivity contribution in [2.45, 2.75) is 27.4 Å². The number of carbonyl (C=O) groups excluding carboxylic acids is 2. The summed E-state index contributed by atoms with van der Waals surface area (Å²) in [4.78, 5) is 30.4. The van der Waals surface area contributed by atoms with Gasteiger partial charge in [-0.3, -0.25) is 0 Å². The van der Waals surface area contributed by atoms with E-state index in [-0.39, 0.29) is 0 Å². The minimum atomic E-state index is -0.496. The molecule has 1 aromatic heterocycles. The zero-order valence-corrected chi connectivity index (χ0v) is 22.9. The predicted octanol–water partition coefficient (Wildman–Crippen LogP) is 7.41. The van der Waals surface area contributed by atoms with E-state index in [1.165, 1.54) is 7.11 Å². The Morgan fingerprint density at radius 3 is 2.12 bits per heavy atom. The Kier molecular flexibility index (Phi) is 7.60. The molecule has 6 heteroatoms. The standard InChI is InChI=1S/C34H29NO5/c1-21-18-22(2)31-29(19-21)30(34(37)40-28-16-12-26(13-17-28)33(36)38-4)23(3)32(35-31)25-10-14-27(15-11-25)39-20-24-8-6-5-7-9-24/h5-19H,20H2,1-4H3. The Balaban J connectivity index is 1.50. The highest BCUT2D eigenvalue weighted by atomic mass is 16.5. The molecule has 200 valence electrons. The second-order valence-electron chi connectivity index (χ2n) is 9.64. The number of rotatable bonds is 7. The first-order valence-electron chi connectivity index (χ1n) is 12.9. The fourth-order valence-corrected chi connectivity index (χ4v) is 4.74. The van der Waals surface area contributed by atoms with Crippen LogP contribution in [0.3, 0.4) is 0 Å². The average Bonchev–Trinajstić information content (AvgIpc) is 2.96. The Morgan fingerprint density at radius 1 is 0.775 bits per heavy atom. The minimum absolute atomic E-state index is 0.327. The molecule has 4 aromatic carbocycles. The molecule has 0 aliphatic heterocycles. The number of hydrogen-bond donors (Lipinski definition) is 0. The highest BCUT2D eigenvalue weighted by molar-refractivity contribution is 6.08. The van der Waals surface area contributed by atoms with E-state index in [2.05, 4.69) is 6.07 Å². The van der Waals surface area contributed by atoms with Crippen molar-refractivity contribution in [2.75, 3.05) is 7.11 Å². The van der Waals surface area contributed by atoms with Crippen LogP contribution in [-0.4, -0.2) is 24.0 Å². The summed E-state index contributed by atoms with van der Waals surface area (Å²) in [7, 11) is 1.32. The quantitative estimate of drug-likeness (QED) is 0.161. The molecule has 0 N–H and O–H groups in total. The zero-order chi connectivity index (χ0) is 28.2. The monoisotopic (exact) mass is 531 g/mol. The maximum atomic E-state index is 13.6. The first-order chi connectivity index (χ1) is 19.3. The van der Waals surface area contributed by atoms with Gasteiger partial charge in [-0.2, -0.15) is 0 Å². The van der Waals surface area contributed by atoms with Gasteiger partial charge in [0.2, 0.25) is 0 Å². The summed E-state index contributed by atoms with van der Waals surface area (Å²) in [5.41, 5.74) is 6.92. The molecule has 5 rings (SSSR count). The van der Waals surface area contributed by atoms with Gasteiger partial charge in [-0.25, -0.2) is 14.6 Å². The van der Waals surface area contributed by atoms with Crippen molar-refractivity contribution in [1.29, 1.82) is 0 Å². The van der Waals surface area contributed by atoms with E-state index in [0.29, 0.717) is 34.7 Å². The van der Waals surface area contributed by atoms with Crippen LogP contribution >= 0.6 is 0 Å². The van der Waals surface area contributed by atoms with Crippen LogP contribution in [0.1, 0.15) is 43.0 Å². The SMILES string of the molecule is COC(=O)c1ccc(OC(=O)c2c(C)c(-c3ccc(OCc4ccccc4)cc3)nc3c(C)cc(C)cc23)cc1. The number of aryl methyl sites for hydroxylation is 2. The molecule has 0 radical (unpaired) electrons. The third kappa shape index (κ3) is 5.57. The van der Waals surface area contributed by atoms with Crippen molar-refractivity contribution in [3.05, 3.63) is 124 Å². The Bertz CT molecular complexity index is 1690. The van der Waals surface area contributed by atoms with Gasteiger partial charge in [0.1, 0.15) is 18.1 Å². The van der Waals surface area contributed by atoms with Gasteiger partial charge in [0.15, 0.2) is 0 Å². The lowest BCUT2D eigenvalue weighted by Gasteiger charge is -2.16. The van der Waals surface area contributed by atoms with Gasteiger partial charge in [-0.1, -0.05) is 42.0 Å². The number of esters is 2. The van der Waals surface area contributed by atoms with Gasteiger partial charge >= 0.3 is 11.9 Å². The molecule has 5 aromatic rings. The molecule has 1 heterocycles. The lowest BCUT2D eigenvalue weighted by Crippen LogP contribution is -2.13. The van der Waals surface area contributed by atoms with Crippen LogP contribution in [0.2, 0.25) is 0 Å². The first-order valence-corrected chi connectivity index (χ1v) is 12.9. The number of pyridine rings is 1. The first kappa shape index (κ1) is 26.6. The van der Waals surface area contributed by atoms with Crippen molar-refractivity contribution in [2.24, 2.45) is 0 Å². The molecular weight excluding hydrogens is 502 g/mol. The number of nitrogens with zero attached hydrogens (tertiary/aromatic N) is 1. The van der Waals surface area contributed by atoms with Gasteiger partial charge < -0.3 is 14.2 Å². The number of benzene rings is 4. The van der Waals surface area contributed by atoms with E-state index in [1.807, 2.05) is 81.4 Å². The van der Waals surface area contributed by atoms with E-state index < -0.39 is 11.9 Å². The van der Waals surface area contributed by atoms with E-state index >= 15 is 0 Å². The van der Waals surface area contributed by atoms with Crippen LogP contribution in [0.15, 0.2) is 91.0 Å². The van der Waals surface area contributed by atoms with Gasteiger partial charge in [0.25, 0.3) is 0 Å². The molecule has 0 unspecified atom stereocenters. The molecule has 0 fully saturated rings. The van der Waals surface area contributed by atoms with Crippen molar-refractivity contribution in [3.8, 4) is 22.8 Å². The van der Waals surface area contributed by atoms with Crippen molar-refractivity contribution in [3.63, 3.8) is 0 Å². The second kappa shape index (κ2) is 11.4. The van der Waals surface area contributed by atoms with Crippen LogP contribution in [0.5, 0.6) is 11.5 Å². The molecule has 40 heavy (non-hydrogen) atoms. The molecule has 0 atom stereocenters. The van der Waals surface area contributed by atoms with Crippen molar-refractivity contribution in [1.82, 2.24) is 4.98 Å². The Hall–Kier alpha value is -4.97. The lowest BCUT2D eigenvalue weighted by atomic mass is 9.95. The molecule has 0 aliphatic rings. The van der Waals surface area contributed by atoms with E-state index in [1.54, 1.807) is 24.3 Å². The van der Waals surface area contributed by atoms with Gasteiger partial charge in [-0.15, -0.1) is 0 Å². The zero-order valence-electron chi connectivity index (χ0n) is 22.9. The molecule has 0 bridgehead atoms. The van der Waals surface area contributed by atoms with Gasteiger partial charge in [-0.05, 0) is 92.1 Å². The van der Waals surface area contributed by atoms with Crippen LogP contribution in [0.25, 0.3) is 22.2 Å². The van der Waals surface area contributed by atoms with Gasteiger partial charge in [0.05, 0.1) is 29.4 Å². The number of carbonyl (C=O) groups is 2. The highest BCUT2D eigenvalue weighted by Gasteiger charge is 2.22. The Labute approximate surface area is 233 Å². The summed E-state index contributed by atoms with van der Waals surface area (Å²) in [5.74, 6) is 0.117. The molecule has 0 spiro atoms. The number of methoxy groups -OCH3 is 1. The van der Waals surface area contributed by atoms with Crippen LogP contribution < -0.4 is 9.47 Å². The topological polar surface area (TPSA) is 74.7 Å². The maximum Gasteiger partial charge on any atom is 0.344 e. The van der Waals surface area contributed by atoms with Crippen LogP contribution in [-0.2, 0) is 11.3 Å². The molecule has 6 nitrogen and oxygen atoms in total. The predicted molar refractivity (Wildman–Crippen MR) is 155 cm³/mol. The molecular formula is C34H29NO5. The lowest BCUT2D eigenvalue weighted by molar-refractivity contribution is 0.0600. The van der Waals surface area contributed by atoms with Crippen LogP contribution in [0.4, 0.5) is 0 Å². The summed E-state index contributed by atoms with van der Waals surface area (Å²) in [6, 6.07) is 28.0. The van der Waals surface area contributed by atoms with E-state index in [0.717, 1.165) is 38.9 Å². The van der Waals surface area contributed by atoms with Crippen LogP contribution in [0, 0.1) is 20.8 Å². The smallest absolute Gasteiger partial charge is 0.344 e.